The average Bonchev–Trinajstić information content (AvgIpc) is 2.19. The number of Topliss-reactive ketones (excluding diaryl/α,β-unsaturated/α-hetero) is 1. The molecule has 0 aliphatic rings. The quantitative estimate of drug-likeness (QED) is 0.761. The number of carbonyl (C=O) groups is 1. The van der Waals surface area contributed by atoms with E-state index in [0.29, 0.717) is 5.56 Å². The minimum absolute atomic E-state index is 0.0447. The SMILES string of the molecule is CCOc1cc(C(F)(F)F)cc(C(C)=O)c1C. The maximum atomic E-state index is 12.6. The smallest absolute Gasteiger partial charge is 0.416 e. The van der Waals surface area contributed by atoms with Crippen LogP contribution in [-0.2, 0) is 6.18 Å². The van der Waals surface area contributed by atoms with Crippen LogP contribution in [0.5, 0.6) is 5.75 Å². The zero-order chi connectivity index (χ0) is 13.2. The molecule has 0 aromatic heterocycles. The summed E-state index contributed by atoms with van der Waals surface area (Å²) in [6.45, 7) is 4.73. The van der Waals surface area contributed by atoms with Crippen molar-refractivity contribution in [1.29, 1.82) is 0 Å². The summed E-state index contributed by atoms with van der Waals surface area (Å²) < 4.78 is 43.0. The third-order valence-corrected chi connectivity index (χ3v) is 2.37. The molecule has 0 aliphatic carbocycles. The summed E-state index contributed by atoms with van der Waals surface area (Å²) in [5.41, 5.74) is -0.382. The van der Waals surface area contributed by atoms with E-state index in [-0.39, 0.29) is 17.9 Å². The Morgan fingerprint density at radius 2 is 1.94 bits per heavy atom. The molecule has 0 unspecified atom stereocenters. The molecule has 0 spiro atoms. The molecule has 5 heteroatoms. The van der Waals surface area contributed by atoms with Crippen molar-refractivity contribution in [2.24, 2.45) is 0 Å². The normalized spacial score (nSPS) is 11.4. The van der Waals surface area contributed by atoms with Gasteiger partial charge >= 0.3 is 6.18 Å². The van der Waals surface area contributed by atoms with Crippen LogP contribution in [0.2, 0.25) is 0 Å². The van der Waals surface area contributed by atoms with Crippen LogP contribution in [0.25, 0.3) is 0 Å². The highest BCUT2D eigenvalue weighted by Crippen LogP contribution is 2.35. The number of benzene rings is 1. The lowest BCUT2D eigenvalue weighted by atomic mass is 10.0. The Hall–Kier alpha value is -1.52. The van der Waals surface area contributed by atoms with Crippen LogP contribution in [0.15, 0.2) is 12.1 Å². The number of hydrogen-bond donors (Lipinski definition) is 0. The molecule has 0 N–H and O–H groups in total. The van der Waals surface area contributed by atoms with E-state index in [1.54, 1.807) is 13.8 Å². The van der Waals surface area contributed by atoms with Gasteiger partial charge in [0.15, 0.2) is 5.78 Å². The summed E-state index contributed by atoms with van der Waals surface area (Å²) in [6.07, 6.45) is -4.48. The molecule has 0 fully saturated rings. The highest BCUT2D eigenvalue weighted by Gasteiger charge is 2.32. The fourth-order valence-electron chi connectivity index (χ4n) is 1.52. The highest BCUT2D eigenvalue weighted by molar-refractivity contribution is 5.96. The lowest BCUT2D eigenvalue weighted by molar-refractivity contribution is -0.137. The number of carbonyl (C=O) groups excluding carboxylic acids is 1. The molecule has 0 aliphatic heterocycles. The van der Waals surface area contributed by atoms with E-state index in [1.165, 1.54) is 6.92 Å². The van der Waals surface area contributed by atoms with Crippen LogP contribution in [0.3, 0.4) is 0 Å². The zero-order valence-electron chi connectivity index (χ0n) is 9.81. The Morgan fingerprint density at radius 1 is 1.35 bits per heavy atom. The summed E-state index contributed by atoms with van der Waals surface area (Å²) in [5, 5.41) is 0. The summed E-state index contributed by atoms with van der Waals surface area (Å²) in [5.74, 6) is -0.304. The van der Waals surface area contributed by atoms with Crippen LogP contribution < -0.4 is 4.74 Å². The molecule has 0 saturated carbocycles. The number of ketones is 1. The van der Waals surface area contributed by atoms with E-state index >= 15 is 0 Å². The molecule has 0 bridgehead atoms. The summed E-state index contributed by atoms with van der Waals surface area (Å²) in [4.78, 5) is 11.3. The van der Waals surface area contributed by atoms with Crippen molar-refractivity contribution in [3.8, 4) is 5.75 Å². The van der Waals surface area contributed by atoms with Crippen LogP contribution in [0, 0.1) is 6.92 Å². The molecule has 1 rings (SSSR count). The Bertz CT molecular complexity index is 436. The van der Waals surface area contributed by atoms with Crippen molar-refractivity contribution in [3.63, 3.8) is 0 Å². The van der Waals surface area contributed by atoms with E-state index in [2.05, 4.69) is 0 Å². The van der Waals surface area contributed by atoms with Crippen molar-refractivity contribution in [2.75, 3.05) is 6.61 Å². The standard InChI is InChI=1S/C12H13F3O2/c1-4-17-11-6-9(12(13,14)15)5-10(7(11)2)8(3)16/h5-6H,4H2,1-3H3. The van der Waals surface area contributed by atoms with Crippen molar-refractivity contribution >= 4 is 5.78 Å². The van der Waals surface area contributed by atoms with E-state index in [4.69, 9.17) is 4.74 Å². The lowest BCUT2D eigenvalue weighted by Gasteiger charge is -2.14. The number of alkyl halides is 3. The molecule has 0 saturated heterocycles. The van der Waals surface area contributed by atoms with E-state index in [1.807, 2.05) is 0 Å². The summed E-state index contributed by atoms with van der Waals surface area (Å²) in [6, 6.07) is 1.78. The minimum Gasteiger partial charge on any atom is -0.494 e. The average molecular weight is 246 g/mol. The van der Waals surface area contributed by atoms with Gasteiger partial charge < -0.3 is 4.74 Å². The third kappa shape index (κ3) is 2.99. The molecular formula is C12H13F3O2. The van der Waals surface area contributed by atoms with Crippen molar-refractivity contribution < 1.29 is 22.7 Å². The molecular weight excluding hydrogens is 233 g/mol. The number of ether oxygens (including phenoxy) is 1. The Kier molecular flexibility index (Phi) is 3.80. The van der Waals surface area contributed by atoms with E-state index < -0.39 is 17.5 Å². The molecule has 17 heavy (non-hydrogen) atoms. The van der Waals surface area contributed by atoms with Crippen molar-refractivity contribution in [2.45, 2.75) is 26.9 Å². The predicted molar refractivity (Wildman–Crippen MR) is 57.4 cm³/mol. The van der Waals surface area contributed by atoms with Crippen LogP contribution in [0.4, 0.5) is 13.2 Å². The van der Waals surface area contributed by atoms with Gasteiger partial charge in [0.2, 0.25) is 0 Å². The molecule has 0 atom stereocenters. The molecule has 0 radical (unpaired) electrons. The topological polar surface area (TPSA) is 26.3 Å². The first-order chi connectivity index (χ1) is 7.77. The van der Waals surface area contributed by atoms with Crippen molar-refractivity contribution in [3.05, 3.63) is 28.8 Å². The molecule has 0 amide bonds. The lowest BCUT2D eigenvalue weighted by Crippen LogP contribution is -2.10. The second-order valence-corrected chi connectivity index (χ2v) is 3.63. The van der Waals surface area contributed by atoms with Crippen molar-refractivity contribution in [1.82, 2.24) is 0 Å². The van der Waals surface area contributed by atoms with Gasteiger partial charge in [-0.15, -0.1) is 0 Å². The van der Waals surface area contributed by atoms with Gasteiger partial charge in [-0.2, -0.15) is 13.2 Å². The first kappa shape index (κ1) is 13.5. The molecule has 1 aromatic rings. The Balaban J connectivity index is 3.42. The maximum Gasteiger partial charge on any atom is 0.416 e. The Morgan fingerprint density at radius 3 is 2.35 bits per heavy atom. The zero-order valence-corrected chi connectivity index (χ0v) is 9.81. The largest absolute Gasteiger partial charge is 0.494 e. The van der Waals surface area contributed by atoms with E-state index in [9.17, 15) is 18.0 Å². The van der Waals surface area contributed by atoms with Gasteiger partial charge in [-0.25, -0.2) is 0 Å². The molecule has 0 heterocycles. The molecule has 2 nitrogen and oxygen atoms in total. The summed E-state index contributed by atoms with van der Waals surface area (Å²) in [7, 11) is 0. The van der Waals surface area contributed by atoms with Gasteiger partial charge in [-0.3, -0.25) is 4.79 Å². The number of hydrogen-bond acceptors (Lipinski definition) is 2. The second-order valence-electron chi connectivity index (χ2n) is 3.63. The van der Waals surface area contributed by atoms with Crippen LogP contribution in [0.1, 0.15) is 35.3 Å². The predicted octanol–water partition coefficient (Wildman–Crippen LogP) is 3.62. The van der Waals surface area contributed by atoms with Gasteiger partial charge in [0, 0.05) is 11.1 Å². The van der Waals surface area contributed by atoms with Crippen LogP contribution in [-0.4, -0.2) is 12.4 Å². The van der Waals surface area contributed by atoms with Crippen LogP contribution >= 0.6 is 0 Å². The highest BCUT2D eigenvalue weighted by atomic mass is 19.4. The fraction of sp³-hybridized carbons (Fsp3) is 0.417. The Labute approximate surface area is 97.4 Å². The monoisotopic (exact) mass is 246 g/mol. The summed E-state index contributed by atoms with van der Waals surface area (Å²) >= 11 is 0. The first-order valence-corrected chi connectivity index (χ1v) is 5.13. The van der Waals surface area contributed by atoms with E-state index in [0.717, 1.165) is 12.1 Å². The third-order valence-electron chi connectivity index (χ3n) is 2.37. The first-order valence-electron chi connectivity index (χ1n) is 5.13. The minimum atomic E-state index is -4.48. The number of rotatable bonds is 3. The van der Waals surface area contributed by atoms with Gasteiger partial charge in [-0.1, -0.05) is 0 Å². The van der Waals surface area contributed by atoms with Gasteiger partial charge in [0.25, 0.3) is 0 Å². The van der Waals surface area contributed by atoms with Gasteiger partial charge in [0.1, 0.15) is 5.75 Å². The number of halogens is 3. The fourth-order valence-corrected chi connectivity index (χ4v) is 1.52. The van der Waals surface area contributed by atoms with Gasteiger partial charge in [-0.05, 0) is 32.9 Å². The molecule has 94 valence electrons. The van der Waals surface area contributed by atoms with Gasteiger partial charge in [0.05, 0.1) is 12.2 Å². The molecule has 1 aromatic carbocycles. The maximum absolute atomic E-state index is 12.6. The second kappa shape index (κ2) is 4.77.